The molecule has 0 aliphatic rings. The van der Waals surface area contributed by atoms with Crippen LogP contribution in [0.15, 0.2) is 168 Å². The van der Waals surface area contributed by atoms with E-state index < -0.39 is 245 Å². The van der Waals surface area contributed by atoms with Crippen molar-refractivity contribution in [1.82, 2.24) is 0 Å². The lowest BCUT2D eigenvalue weighted by Gasteiger charge is -2.20. The first kappa shape index (κ1) is 14.3. The third kappa shape index (κ3) is 4.65. The lowest BCUT2D eigenvalue weighted by atomic mass is 9.83. The number of hydrogen-bond donors (Lipinski definition) is 0. The first-order valence-electron chi connectivity index (χ1n) is 30.2. The van der Waals surface area contributed by atoms with Gasteiger partial charge in [0.15, 0.2) is 0 Å². The van der Waals surface area contributed by atoms with Crippen LogP contribution in [0.25, 0.3) is 109 Å². The van der Waals surface area contributed by atoms with Crippen LogP contribution in [0.3, 0.4) is 0 Å². The van der Waals surface area contributed by atoms with Crippen LogP contribution in [0.1, 0.15) is 53.7 Å². The first-order chi connectivity index (χ1) is 37.8. The smallest absolute Gasteiger partial charge is 0.136 e. The van der Waals surface area contributed by atoms with Crippen molar-refractivity contribution in [1.29, 1.82) is 0 Å². The maximum absolute atomic E-state index is 9.92. The second-order valence-electron chi connectivity index (χ2n) is 12.8. The van der Waals surface area contributed by atoms with Crippen molar-refractivity contribution in [3.63, 3.8) is 0 Å². The average molecular weight is 716 g/mol. The summed E-state index contributed by atoms with van der Waals surface area (Å²) in [6, 6.07) is -20.7. The lowest BCUT2D eigenvalue weighted by molar-refractivity contribution is 0.669. The molecule has 1 nitrogen and oxygen atoms in total. The second-order valence-corrected chi connectivity index (χ2v) is 12.8. The monoisotopic (exact) mass is 715 g/mol. The second kappa shape index (κ2) is 11.7. The Hall–Kier alpha value is -6.70. The summed E-state index contributed by atoms with van der Waals surface area (Å²) < 4.78 is 255. The van der Waals surface area contributed by atoms with Gasteiger partial charge < -0.3 is 4.42 Å². The highest BCUT2D eigenvalue weighted by molar-refractivity contribution is 6.26. The largest absolute Gasteiger partial charge is 0.456 e. The highest BCUT2D eigenvalue weighted by Gasteiger charge is 2.20. The van der Waals surface area contributed by atoms with E-state index in [1.807, 2.05) is 0 Å². The Morgan fingerprint density at radius 2 is 0.963 bits per heavy atom. The fraction of sp³-hybridized carbons (Fsp3) is 0.0566. The molecule has 54 heavy (non-hydrogen) atoms. The summed E-state index contributed by atoms with van der Waals surface area (Å²) in [6.07, 6.45) is 0. The minimum Gasteiger partial charge on any atom is -0.456 e. The van der Waals surface area contributed by atoms with Crippen LogP contribution in [0, 0.1) is 20.8 Å². The zero-order chi connectivity index (χ0) is 59.6. The molecule has 0 amide bonds. The number of benzene rings is 10. The van der Waals surface area contributed by atoms with Crippen LogP contribution in [0.5, 0.6) is 0 Å². The molecule has 0 radical (unpaired) electrons. The zero-order valence-electron chi connectivity index (χ0n) is 55.4. The Balaban J connectivity index is 1.36. The summed E-state index contributed by atoms with van der Waals surface area (Å²) >= 11 is 0. The van der Waals surface area contributed by atoms with Gasteiger partial charge in [0.1, 0.15) is 11.2 Å². The molecular formula is C53H36O. The third-order valence-electron chi connectivity index (χ3n) is 9.39. The Labute approximate surface area is 351 Å². The molecule has 1 aromatic heterocycles. The predicted octanol–water partition coefficient (Wildman–Crippen LogP) is 15.3. The fourth-order valence-electron chi connectivity index (χ4n) is 6.95. The summed E-state index contributed by atoms with van der Waals surface area (Å²) in [5.74, 6) is 0. The van der Waals surface area contributed by atoms with E-state index in [4.69, 9.17) is 19.5 Å². The van der Waals surface area contributed by atoms with Gasteiger partial charge in [0.25, 0.3) is 0 Å². The van der Waals surface area contributed by atoms with Crippen molar-refractivity contribution >= 4 is 75.8 Å². The van der Waals surface area contributed by atoms with Gasteiger partial charge in [-0.3, -0.25) is 0 Å². The summed E-state index contributed by atoms with van der Waals surface area (Å²) in [7, 11) is 0. The molecule has 10 aromatic carbocycles. The van der Waals surface area contributed by atoms with Crippen LogP contribution in [-0.2, 0) is 0 Å². The molecule has 1 heterocycles. The summed E-state index contributed by atoms with van der Waals surface area (Å²) in [6.45, 7) is 3.95. The van der Waals surface area contributed by atoms with Crippen molar-refractivity contribution in [2.75, 3.05) is 0 Å². The van der Waals surface area contributed by atoms with E-state index >= 15 is 0 Å². The van der Waals surface area contributed by atoms with Gasteiger partial charge in [0.05, 0.1) is 37.0 Å². The summed E-state index contributed by atoms with van der Waals surface area (Å²) in [5, 5.41) is -5.43. The van der Waals surface area contributed by atoms with Gasteiger partial charge in [-0.2, -0.15) is 0 Å². The molecule has 0 N–H and O–H groups in total. The highest BCUT2D eigenvalue weighted by atomic mass is 16.3. The van der Waals surface area contributed by atoms with Gasteiger partial charge in [-0.05, 0) is 144 Å². The van der Waals surface area contributed by atoms with E-state index in [1.165, 1.54) is 20.8 Å². The van der Waals surface area contributed by atoms with E-state index in [0.717, 1.165) is 0 Å². The zero-order valence-corrected chi connectivity index (χ0v) is 28.4. The SMILES string of the molecule is [2H]c1c([2H])c(-c2c3c([2H])c(C)c([2H])c([2H])c3c(-c3c([2H])c4c([2H])c([2H])c([2H])c([2H])c4c4c([2H])c([2H])c([2H])c([2H])c34)c3c([2H])c(C)c([2H])c([2H])c23)c([2H])c([2H])c1-c1c([2H])c([2H])c2oc3c([2H])c4c(C)c([2H])c([2H])c([2H])c4c([2H])c3c2c1[2H]. The summed E-state index contributed by atoms with van der Waals surface area (Å²) in [4.78, 5) is 0. The van der Waals surface area contributed by atoms with Gasteiger partial charge in [0, 0.05) is 10.8 Å². The van der Waals surface area contributed by atoms with Gasteiger partial charge in [-0.15, -0.1) is 0 Å². The maximum atomic E-state index is 9.92. The van der Waals surface area contributed by atoms with Crippen LogP contribution >= 0.6 is 0 Å². The van der Waals surface area contributed by atoms with E-state index in [-0.39, 0.29) is 44.5 Å². The Bertz CT molecular complexity index is 4810. The Kier molecular flexibility index (Phi) is 3.08. The molecule has 1 heteroatoms. The van der Waals surface area contributed by atoms with E-state index in [2.05, 4.69) is 0 Å². The molecule has 0 saturated heterocycles. The third-order valence-corrected chi connectivity index (χ3v) is 9.39. The van der Waals surface area contributed by atoms with Crippen molar-refractivity contribution in [3.05, 3.63) is 180 Å². The molecule has 11 rings (SSSR count). The highest BCUT2D eigenvalue weighted by Crippen LogP contribution is 2.47. The van der Waals surface area contributed by atoms with Crippen molar-refractivity contribution in [3.8, 4) is 33.4 Å². The van der Waals surface area contributed by atoms with Crippen LogP contribution in [0.4, 0.5) is 0 Å². The predicted molar refractivity (Wildman–Crippen MR) is 232 cm³/mol. The van der Waals surface area contributed by atoms with Gasteiger partial charge >= 0.3 is 0 Å². The fourth-order valence-corrected chi connectivity index (χ4v) is 6.95. The molecule has 0 saturated carbocycles. The average Bonchev–Trinajstić information content (AvgIpc) is 4.00. The molecule has 0 bridgehead atoms. The minimum absolute atomic E-state index is 0.0693. The molecule has 254 valence electrons. The number of rotatable bonds is 3. The number of fused-ring (bicyclic) bond motifs is 9. The summed E-state index contributed by atoms with van der Waals surface area (Å²) in [5.41, 5.74) is -5.22. The van der Waals surface area contributed by atoms with Crippen LogP contribution < -0.4 is 0 Å². The van der Waals surface area contributed by atoms with Gasteiger partial charge in [0.2, 0.25) is 0 Å². The molecular weight excluding hydrogens is 653 g/mol. The molecule has 0 fully saturated rings. The quantitative estimate of drug-likeness (QED) is 0.131. The minimum atomic E-state index is -1.01. The van der Waals surface area contributed by atoms with Crippen LogP contribution in [-0.4, -0.2) is 0 Å². The van der Waals surface area contributed by atoms with E-state index in [9.17, 15) is 21.9 Å². The lowest BCUT2D eigenvalue weighted by Crippen LogP contribution is -1.93. The molecule has 0 unspecified atom stereocenters. The van der Waals surface area contributed by atoms with Crippen molar-refractivity contribution in [2.24, 2.45) is 0 Å². The van der Waals surface area contributed by atoms with Gasteiger partial charge in [-0.25, -0.2) is 0 Å². The molecule has 11 aromatic rings. The standard InChI is InChI=1S/C53H36O/c1-31-16-23-43-47(25-31)52(42-22-15-32(2)26-48(42)53(43)49-29-37-10-4-5-12-39(37)40-13-6-7-14-41(40)49)35-19-17-34(18-20-35)36-21-24-50-45(27-36)46-28-38-11-8-9-33(3)44(38)30-51(46)54-50/h4-30H,1-3H3/i4D,5D,6D,7D,8D,9D,10D,11D,12D,13D,14D,15D,16D,17D,18D,19D,20D,21D,22D,23D,24D,25D,26D,27D,28D,29D,30D. The molecule has 0 atom stereocenters. The molecule has 0 aliphatic carbocycles. The topological polar surface area (TPSA) is 13.1 Å². The normalized spacial score (nSPS) is 19.0. The number of hydrogen-bond acceptors (Lipinski definition) is 1. The Morgan fingerprint density at radius 3 is 1.76 bits per heavy atom. The van der Waals surface area contributed by atoms with Crippen LogP contribution in [0.2, 0.25) is 0 Å². The molecule has 0 aliphatic heterocycles. The molecule has 0 spiro atoms. The maximum Gasteiger partial charge on any atom is 0.136 e. The number of aryl methyl sites for hydroxylation is 1. The Morgan fingerprint density at radius 1 is 0.352 bits per heavy atom. The van der Waals surface area contributed by atoms with E-state index in [0.29, 0.717) is 0 Å². The van der Waals surface area contributed by atoms with Crippen molar-refractivity contribution < 1.29 is 41.4 Å². The van der Waals surface area contributed by atoms with Gasteiger partial charge in [-0.1, -0.05) is 144 Å². The van der Waals surface area contributed by atoms with E-state index in [1.54, 1.807) is 0 Å². The number of furan rings is 1. The van der Waals surface area contributed by atoms with Crippen molar-refractivity contribution in [2.45, 2.75) is 20.8 Å². The first-order valence-corrected chi connectivity index (χ1v) is 16.7.